The number of hydrogen-bond donors (Lipinski definition) is 1. The second kappa shape index (κ2) is 6.88. The van der Waals surface area contributed by atoms with Crippen molar-refractivity contribution in [2.75, 3.05) is 7.11 Å². The average Bonchev–Trinajstić information content (AvgIpc) is 2.49. The molecule has 0 radical (unpaired) electrons. The zero-order valence-electron chi connectivity index (χ0n) is 12.1. The topological polar surface area (TPSA) is 38.3 Å². The molecule has 0 saturated carbocycles. The van der Waals surface area contributed by atoms with Gasteiger partial charge in [-0.2, -0.15) is 0 Å². The molecule has 1 amide bonds. The number of carbonyl (C=O) groups is 1. The maximum atomic E-state index is 13.5. The van der Waals surface area contributed by atoms with Crippen LogP contribution in [0.15, 0.2) is 48.5 Å². The largest absolute Gasteiger partial charge is 0.497 e. The van der Waals surface area contributed by atoms with Crippen LogP contribution in [0, 0.1) is 5.82 Å². The fraction of sp³-hybridized carbons (Fsp3) is 0.235. The third-order valence-corrected chi connectivity index (χ3v) is 3.28. The number of nitrogens with one attached hydrogen (secondary N) is 1. The molecule has 4 heteroatoms. The maximum Gasteiger partial charge on any atom is 0.225 e. The van der Waals surface area contributed by atoms with Gasteiger partial charge in [0.15, 0.2) is 0 Å². The number of benzene rings is 2. The first-order chi connectivity index (χ1) is 10.1. The highest BCUT2D eigenvalue weighted by atomic mass is 19.1. The van der Waals surface area contributed by atoms with Crippen LogP contribution in [-0.2, 0) is 11.2 Å². The van der Waals surface area contributed by atoms with Crippen LogP contribution < -0.4 is 10.1 Å². The highest BCUT2D eigenvalue weighted by molar-refractivity contribution is 5.79. The van der Waals surface area contributed by atoms with Gasteiger partial charge in [-0.25, -0.2) is 4.39 Å². The quantitative estimate of drug-likeness (QED) is 0.916. The van der Waals surface area contributed by atoms with E-state index in [-0.39, 0.29) is 24.2 Å². The summed E-state index contributed by atoms with van der Waals surface area (Å²) < 4.78 is 18.7. The van der Waals surface area contributed by atoms with Gasteiger partial charge < -0.3 is 10.1 Å². The Hall–Kier alpha value is -2.36. The molecule has 1 unspecified atom stereocenters. The minimum absolute atomic E-state index is 0.0288. The molecule has 2 aromatic rings. The van der Waals surface area contributed by atoms with Gasteiger partial charge in [0.2, 0.25) is 5.91 Å². The molecule has 0 spiro atoms. The van der Waals surface area contributed by atoms with Crippen LogP contribution in [0.2, 0.25) is 0 Å². The number of hydrogen-bond acceptors (Lipinski definition) is 2. The predicted molar refractivity (Wildman–Crippen MR) is 79.7 cm³/mol. The summed E-state index contributed by atoms with van der Waals surface area (Å²) in [5, 5.41) is 2.86. The van der Waals surface area contributed by atoms with E-state index in [0.29, 0.717) is 5.56 Å². The van der Waals surface area contributed by atoms with Gasteiger partial charge in [-0.3, -0.25) is 4.79 Å². The maximum absolute atomic E-state index is 13.5. The van der Waals surface area contributed by atoms with Crippen LogP contribution >= 0.6 is 0 Å². The van der Waals surface area contributed by atoms with Gasteiger partial charge in [0, 0.05) is 0 Å². The van der Waals surface area contributed by atoms with Crippen molar-refractivity contribution in [2.45, 2.75) is 19.4 Å². The lowest BCUT2D eigenvalue weighted by atomic mass is 10.1. The Balaban J connectivity index is 2.00. The number of carbonyl (C=O) groups excluding carboxylic acids is 1. The van der Waals surface area contributed by atoms with Crippen LogP contribution in [0.3, 0.4) is 0 Å². The molecule has 2 rings (SSSR count). The summed E-state index contributed by atoms with van der Waals surface area (Å²) in [6.45, 7) is 1.88. The van der Waals surface area contributed by atoms with Crippen molar-refractivity contribution < 1.29 is 13.9 Å². The van der Waals surface area contributed by atoms with E-state index in [2.05, 4.69) is 5.32 Å². The molecular weight excluding hydrogens is 269 g/mol. The van der Waals surface area contributed by atoms with E-state index < -0.39 is 0 Å². The van der Waals surface area contributed by atoms with Crippen LogP contribution in [0.1, 0.15) is 24.1 Å². The zero-order chi connectivity index (χ0) is 15.2. The molecular formula is C17H18FNO2. The molecule has 21 heavy (non-hydrogen) atoms. The Kier molecular flexibility index (Phi) is 4.93. The second-order valence-corrected chi connectivity index (χ2v) is 4.83. The van der Waals surface area contributed by atoms with Gasteiger partial charge in [-0.15, -0.1) is 0 Å². The Morgan fingerprint density at radius 2 is 2.00 bits per heavy atom. The van der Waals surface area contributed by atoms with Gasteiger partial charge in [-0.1, -0.05) is 30.3 Å². The first kappa shape index (κ1) is 15.0. The lowest BCUT2D eigenvalue weighted by Gasteiger charge is -2.15. The van der Waals surface area contributed by atoms with E-state index in [4.69, 9.17) is 4.74 Å². The third-order valence-electron chi connectivity index (χ3n) is 3.28. The van der Waals surface area contributed by atoms with E-state index in [9.17, 15) is 9.18 Å². The van der Waals surface area contributed by atoms with Gasteiger partial charge in [0.25, 0.3) is 0 Å². The Morgan fingerprint density at radius 1 is 1.24 bits per heavy atom. The Labute approximate surface area is 123 Å². The first-order valence-electron chi connectivity index (χ1n) is 6.77. The normalized spacial score (nSPS) is 11.8. The highest BCUT2D eigenvalue weighted by Gasteiger charge is 2.12. The molecule has 0 heterocycles. The van der Waals surface area contributed by atoms with Crippen molar-refractivity contribution in [1.29, 1.82) is 0 Å². The standard InChI is InChI=1S/C17H18FNO2/c1-12(13-7-5-8-15(10-13)21-2)19-17(20)11-14-6-3-4-9-16(14)18/h3-10,12H,11H2,1-2H3,(H,19,20). The molecule has 3 nitrogen and oxygen atoms in total. The highest BCUT2D eigenvalue weighted by Crippen LogP contribution is 2.19. The summed E-state index contributed by atoms with van der Waals surface area (Å²) in [6.07, 6.45) is 0.0288. The van der Waals surface area contributed by atoms with Gasteiger partial charge >= 0.3 is 0 Å². The van der Waals surface area contributed by atoms with Gasteiger partial charge in [0.05, 0.1) is 19.6 Å². The van der Waals surface area contributed by atoms with Crippen LogP contribution in [0.4, 0.5) is 4.39 Å². The lowest BCUT2D eigenvalue weighted by molar-refractivity contribution is -0.121. The van der Waals surface area contributed by atoms with Crippen molar-refractivity contribution in [3.8, 4) is 5.75 Å². The summed E-state index contributed by atoms with van der Waals surface area (Å²) in [7, 11) is 1.60. The number of ether oxygens (including phenoxy) is 1. The molecule has 0 bridgehead atoms. The average molecular weight is 287 g/mol. The molecule has 0 aliphatic heterocycles. The number of rotatable bonds is 5. The molecule has 110 valence electrons. The summed E-state index contributed by atoms with van der Waals surface area (Å²) >= 11 is 0. The molecule has 0 aliphatic rings. The van der Waals surface area contributed by atoms with Crippen molar-refractivity contribution in [3.05, 3.63) is 65.5 Å². The van der Waals surface area contributed by atoms with E-state index >= 15 is 0 Å². The minimum Gasteiger partial charge on any atom is -0.497 e. The smallest absolute Gasteiger partial charge is 0.225 e. The minimum atomic E-state index is -0.360. The van der Waals surface area contributed by atoms with Crippen LogP contribution in [0.25, 0.3) is 0 Å². The van der Waals surface area contributed by atoms with E-state index in [1.54, 1.807) is 25.3 Å². The summed E-state index contributed by atoms with van der Waals surface area (Å²) in [4.78, 5) is 12.0. The van der Waals surface area contributed by atoms with E-state index in [1.807, 2.05) is 31.2 Å². The van der Waals surface area contributed by atoms with Crippen molar-refractivity contribution in [1.82, 2.24) is 5.32 Å². The summed E-state index contributed by atoms with van der Waals surface area (Å²) in [6, 6.07) is 13.6. The van der Waals surface area contributed by atoms with Crippen molar-refractivity contribution >= 4 is 5.91 Å². The SMILES string of the molecule is COc1cccc(C(C)NC(=O)Cc2ccccc2F)c1. The fourth-order valence-corrected chi connectivity index (χ4v) is 2.10. The first-order valence-corrected chi connectivity index (χ1v) is 6.77. The molecule has 1 N–H and O–H groups in total. The number of methoxy groups -OCH3 is 1. The molecule has 0 fully saturated rings. The van der Waals surface area contributed by atoms with Crippen LogP contribution in [-0.4, -0.2) is 13.0 Å². The number of amides is 1. The number of halogens is 1. The van der Waals surface area contributed by atoms with Crippen molar-refractivity contribution in [3.63, 3.8) is 0 Å². The van der Waals surface area contributed by atoms with Gasteiger partial charge in [0.1, 0.15) is 11.6 Å². The molecule has 0 aromatic heterocycles. The summed E-state index contributed by atoms with van der Waals surface area (Å²) in [5.74, 6) is 0.166. The van der Waals surface area contributed by atoms with Crippen LogP contribution in [0.5, 0.6) is 5.75 Å². The lowest BCUT2D eigenvalue weighted by Crippen LogP contribution is -2.28. The monoisotopic (exact) mass is 287 g/mol. The Morgan fingerprint density at radius 3 is 2.71 bits per heavy atom. The van der Waals surface area contributed by atoms with E-state index in [0.717, 1.165) is 11.3 Å². The molecule has 0 saturated heterocycles. The Bertz CT molecular complexity index is 628. The second-order valence-electron chi connectivity index (χ2n) is 4.83. The fourth-order valence-electron chi connectivity index (χ4n) is 2.10. The molecule has 2 aromatic carbocycles. The molecule has 0 aliphatic carbocycles. The van der Waals surface area contributed by atoms with Gasteiger partial charge in [-0.05, 0) is 36.2 Å². The summed E-state index contributed by atoms with van der Waals surface area (Å²) in [5.41, 5.74) is 1.34. The predicted octanol–water partition coefficient (Wildman–Crippen LogP) is 3.25. The molecule has 1 atom stereocenters. The van der Waals surface area contributed by atoms with E-state index in [1.165, 1.54) is 6.07 Å². The van der Waals surface area contributed by atoms with Crippen molar-refractivity contribution in [2.24, 2.45) is 0 Å². The third kappa shape index (κ3) is 4.05. The zero-order valence-corrected chi connectivity index (χ0v) is 12.1.